The molecule has 1 aliphatic heterocycles. The molecule has 7 heteroatoms. The van der Waals surface area contributed by atoms with E-state index in [2.05, 4.69) is 30.2 Å². The summed E-state index contributed by atoms with van der Waals surface area (Å²) in [6.45, 7) is 6.15. The topological polar surface area (TPSA) is 86.8 Å². The lowest BCUT2D eigenvalue weighted by Crippen LogP contribution is -2.44. The number of aromatic amines is 1. The number of rotatable bonds is 5. The van der Waals surface area contributed by atoms with Crippen molar-refractivity contribution in [1.29, 1.82) is 0 Å². The summed E-state index contributed by atoms with van der Waals surface area (Å²) in [4.78, 5) is 30.6. The molecular weight excluding hydrogens is 304 g/mol. The van der Waals surface area contributed by atoms with Gasteiger partial charge in [0.05, 0.1) is 12.2 Å². The summed E-state index contributed by atoms with van der Waals surface area (Å²) >= 11 is 0. The Kier molecular flexibility index (Phi) is 5.08. The van der Waals surface area contributed by atoms with Crippen molar-refractivity contribution < 1.29 is 4.79 Å². The van der Waals surface area contributed by atoms with Crippen LogP contribution in [0.5, 0.6) is 0 Å². The van der Waals surface area contributed by atoms with Crippen molar-refractivity contribution in [3.8, 4) is 0 Å². The first-order valence-electron chi connectivity index (χ1n) is 8.44. The molecule has 0 spiro atoms. The Morgan fingerprint density at radius 2 is 2.17 bits per heavy atom. The maximum Gasteiger partial charge on any atom is 0.225 e. The molecular formula is C17H24N6O. The molecule has 2 N–H and O–H groups in total. The number of aryl methyl sites for hydroxylation is 2. The average molecular weight is 328 g/mol. The molecule has 24 heavy (non-hydrogen) atoms. The second-order valence-electron chi connectivity index (χ2n) is 6.35. The number of amides is 1. The van der Waals surface area contributed by atoms with Gasteiger partial charge < -0.3 is 15.2 Å². The predicted octanol–water partition coefficient (Wildman–Crippen LogP) is 1.39. The number of anilines is 1. The van der Waals surface area contributed by atoms with Crippen molar-refractivity contribution in [2.75, 3.05) is 24.5 Å². The van der Waals surface area contributed by atoms with Gasteiger partial charge in [0.15, 0.2) is 0 Å². The van der Waals surface area contributed by atoms with E-state index in [0.29, 0.717) is 13.1 Å². The van der Waals surface area contributed by atoms with Crippen molar-refractivity contribution >= 4 is 11.9 Å². The third-order valence-electron chi connectivity index (χ3n) is 4.29. The van der Waals surface area contributed by atoms with Crippen molar-refractivity contribution in [3.63, 3.8) is 0 Å². The van der Waals surface area contributed by atoms with Gasteiger partial charge in [-0.15, -0.1) is 0 Å². The zero-order valence-corrected chi connectivity index (χ0v) is 14.2. The highest BCUT2D eigenvalue weighted by molar-refractivity contribution is 5.79. The molecule has 0 radical (unpaired) electrons. The van der Waals surface area contributed by atoms with Gasteiger partial charge in [-0.1, -0.05) is 0 Å². The van der Waals surface area contributed by atoms with Crippen molar-refractivity contribution in [2.45, 2.75) is 33.1 Å². The summed E-state index contributed by atoms with van der Waals surface area (Å²) in [5.41, 5.74) is 2.96. The molecule has 0 bridgehead atoms. The monoisotopic (exact) mass is 328 g/mol. The van der Waals surface area contributed by atoms with E-state index < -0.39 is 0 Å². The fraction of sp³-hybridized carbons (Fsp3) is 0.529. The molecule has 0 aromatic carbocycles. The number of aromatic nitrogens is 4. The third kappa shape index (κ3) is 4.10. The number of piperidine rings is 1. The molecule has 7 nitrogen and oxygen atoms in total. The molecule has 2 aromatic rings. The second-order valence-corrected chi connectivity index (χ2v) is 6.35. The highest BCUT2D eigenvalue weighted by Gasteiger charge is 2.27. The van der Waals surface area contributed by atoms with Crippen LogP contribution in [0.15, 0.2) is 18.6 Å². The van der Waals surface area contributed by atoms with Gasteiger partial charge in [-0.05, 0) is 32.8 Å². The number of carbonyl (C=O) groups excluding carboxylic acids is 1. The maximum absolute atomic E-state index is 12.4. The number of nitrogens with zero attached hydrogens (tertiary/aromatic N) is 4. The third-order valence-corrected chi connectivity index (χ3v) is 4.29. The molecule has 0 saturated carbocycles. The largest absolute Gasteiger partial charge is 0.355 e. The highest BCUT2D eigenvalue weighted by Crippen LogP contribution is 2.21. The van der Waals surface area contributed by atoms with E-state index in [1.165, 1.54) is 0 Å². The van der Waals surface area contributed by atoms with Crippen LogP contribution < -0.4 is 10.2 Å². The minimum Gasteiger partial charge on any atom is -0.355 e. The number of hydrogen-bond donors (Lipinski definition) is 2. The normalized spacial score (nSPS) is 17.8. The summed E-state index contributed by atoms with van der Waals surface area (Å²) in [7, 11) is 0. The van der Waals surface area contributed by atoms with E-state index in [1.54, 1.807) is 12.5 Å². The Morgan fingerprint density at radius 3 is 2.88 bits per heavy atom. The van der Waals surface area contributed by atoms with Crippen molar-refractivity contribution in [2.24, 2.45) is 5.92 Å². The van der Waals surface area contributed by atoms with Crippen LogP contribution in [0, 0.1) is 19.8 Å². The highest BCUT2D eigenvalue weighted by atomic mass is 16.1. The molecule has 1 unspecified atom stereocenters. The zero-order chi connectivity index (χ0) is 16.9. The Morgan fingerprint density at radius 1 is 1.38 bits per heavy atom. The van der Waals surface area contributed by atoms with Gasteiger partial charge >= 0.3 is 0 Å². The Balaban J connectivity index is 1.55. The first kappa shape index (κ1) is 16.4. The van der Waals surface area contributed by atoms with E-state index in [9.17, 15) is 4.79 Å². The predicted molar refractivity (Wildman–Crippen MR) is 91.7 cm³/mol. The van der Waals surface area contributed by atoms with Crippen molar-refractivity contribution in [3.05, 3.63) is 35.7 Å². The standard InChI is InChI=1S/C17H24N6O/c1-12-8-13(2)22-17(21-12)23-7-3-4-14(10-23)16(24)19-6-5-15-9-18-11-20-15/h8-9,11,14H,3-7,10H2,1-2H3,(H,18,20)(H,19,24). The lowest BCUT2D eigenvalue weighted by Gasteiger charge is -2.32. The van der Waals surface area contributed by atoms with Crippen LogP contribution in [-0.4, -0.2) is 45.5 Å². The first-order chi connectivity index (χ1) is 11.6. The lowest BCUT2D eigenvalue weighted by molar-refractivity contribution is -0.125. The Labute approximate surface area is 141 Å². The van der Waals surface area contributed by atoms with E-state index in [1.807, 2.05) is 19.9 Å². The van der Waals surface area contributed by atoms with Gasteiger partial charge in [0.2, 0.25) is 11.9 Å². The number of nitrogens with one attached hydrogen (secondary N) is 2. The minimum absolute atomic E-state index is 0.00932. The minimum atomic E-state index is -0.00932. The Hall–Kier alpha value is -2.44. The molecule has 1 atom stereocenters. The smallest absolute Gasteiger partial charge is 0.225 e. The van der Waals surface area contributed by atoms with Gasteiger partial charge in [-0.3, -0.25) is 4.79 Å². The second kappa shape index (κ2) is 7.42. The maximum atomic E-state index is 12.4. The molecule has 1 saturated heterocycles. The van der Waals surface area contributed by atoms with Crippen molar-refractivity contribution in [1.82, 2.24) is 25.3 Å². The molecule has 1 fully saturated rings. The number of H-pyrrole nitrogens is 1. The summed E-state index contributed by atoms with van der Waals surface area (Å²) in [6.07, 6.45) is 6.10. The fourth-order valence-corrected chi connectivity index (χ4v) is 3.11. The van der Waals surface area contributed by atoms with E-state index in [-0.39, 0.29) is 11.8 Å². The zero-order valence-electron chi connectivity index (χ0n) is 14.2. The van der Waals surface area contributed by atoms with Crippen LogP contribution >= 0.6 is 0 Å². The number of carbonyl (C=O) groups is 1. The van der Waals surface area contributed by atoms with E-state index in [0.717, 1.165) is 48.8 Å². The summed E-state index contributed by atoms with van der Waals surface area (Å²) < 4.78 is 0. The van der Waals surface area contributed by atoms with Gasteiger partial charge in [-0.2, -0.15) is 0 Å². The molecule has 3 rings (SSSR count). The van der Waals surface area contributed by atoms with Gasteiger partial charge in [-0.25, -0.2) is 15.0 Å². The molecule has 128 valence electrons. The number of hydrogen-bond acceptors (Lipinski definition) is 5. The first-order valence-corrected chi connectivity index (χ1v) is 8.44. The molecule has 0 aliphatic carbocycles. The SMILES string of the molecule is Cc1cc(C)nc(N2CCCC(C(=O)NCCc3cnc[nH]3)C2)n1. The van der Waals surface area contributed by atoms with Crippen LogP contribution in [-0.2, 0) is 11.2 Å². The van der Waals surface area contributed by atoms with Crippen LogP contribution in [0.25, 0.3) is 0 Å². The Bertz CT molecular complexity index is 664. The van der Waals surface area contributed by atoms with Crippen LogP contribution in [0.4, 0.5) is 5.95 Å². The van der Waals surface area contributed by atoms with Gasteiger partial charge in [0.25, 0.3) is 0 Å². The van der Waals surface area contributed by atoms with E-state index >= 15 is 0 Å². The molecule has 1 amide bonds. The summed E-state index contributed by atoms with van der Waals surface area (Å²) in [6, 6.07) is 1.97. The van der Waals surface area contributed by atoms with Gasteiger partial charge in [0, 0.05) is 49.3 Å². The van der Waals surface area contributed by atoms with Gasteiger partial charge in [0.1, 0.15) is 0 Å². The van der Waals surface area contributed by atoms with Crippen LogP contribution in [0.2, 0.25) is 0 Å². The average Bonchev–Trinajstić information content (AvgIpc) is 3.07. The molecule has 1 aliphatic rings. The lowest BCUT2D eigenvalue weighted by atomic mass is 9.97. The quantitative estimate of drug-likeness (QED) is 0.866. The molecule has 2 aromatic heterocycles. The van der Waals surface area contributed by atoms with Crippen LogP contribution in [0.1, 0.15) is 29.9 Å². The molecule has 3 heterocycles. The fourth-order valence-electron chi connectivity index (χ4n) is 3.11. The summed E-state index contributed by atoms with van der Waals surface area (Å²) in [5.74, 6) is 0.844. The number of imidazole rings is 1. The van der Waals surface area contributed by atoms with E-state index in [4.69, 9.17) is 0 Å². The summed E-state index contributed by atoms with van der Waals surface area (Å²) in [5, 5.41) is 3.03. The van der Waals surface area contributed by atoms with Crippen LogP contribution in [0.3, 0.4) is 0 Å².